The van der Waals surface area contributed by atoms with Gasteiger partial charge < -0.3 is 9.30 Å². The van der Waals surface area contributed by atoms with E-state index in [-0.39, 0.29) is 17.6 Å². The minimum absolute atomic E-state index is 0.00214. The molecule has 0 fully saturated rings. The van der Waals surface area contributed by atoms with Gasteiger partial charge in [-0.1, -0.05) is 32.9 Å². The van der Waals surface area contributed by atoms with Gasteiger partial charge in [0.25, 0.3) is 0 Å². The molecular weight excluding hydrogens is 264 g/mol. The van der Waals surface area contributed by atoms with Gasteiger partial charge in [-0.15, -0.1) is 0 Å². The number of ether oxygens (including phenoxy) is 1. The summed E-state index contributed by atoms with van der Waals surface area (Å²) < 4.78 is 7.79. The summed E-state index contributed by atoms with van der Waals surface area (Å²) in [6.45, 7) is 6.46. The van der Waals surface area contributed by atoms with E-state index in [1.165, 1.54) is 0 Å². The minimum Gasteiger partial charge on any atom is -0.379 e. The van der Waals surface area contributed by atoms with Crippen LogP contribution in [0.15, 0.2) is 24.3 Å². The van der Waals surface area contributed by atoms with E-state index in [0.29, 0.717) is 0 Å². The van der Waals surface area contributed by atoms with Crippen LogP contribution in [0.5, 0.6) is 0 Å². The highest BCUT2D eigenvalue weighted by Crippen LogP contribution is 2.26. The zero-order chi connectivity index (χ0) is 15.6. The summed E-state index contributed by atoms with van der Waals surface area (Å²) in [6, 6.07) is 8.14. The van der Waals surface area contributed by atoms with Crippen molar-refractivity contribution in [2.45, 2.75) is 39.3 Å². The van der Waals surface area contributed by atoms with Crippen molar-refractivity contribution in [3.63, 3.8) is 0 Å². The molecule has 1 aromatic heterocycles. The normalized spacial score (nSPS) is 15.3. The van der Waals surface area contributed by atoms with Crippen LogP contribution in [0.1, 0.15) is 26.6 Å². The lowest BCUT2D eigenvalue weighted by Crippen LogP contribution is -2.51. The third kappa shape index (κ3) is 3.26. The molecule has 2 aromatic rings. The Bertz CT molecular complexity index is 600. The molecule has 0 aliphatic carbocycles. The molecule has 0 saturated heterocycles. The Morgan fingerprint density at radius 3 is 2.52 bits per heavy atom. The minimum atomic E-state index is -0.00360. The zero-order valence-electron chi connectivity index (χ0n) is 13.6. The molecule has 2 atom stereocenters. The van der Waals surface area contributed by atoms with Gasteiger partial charge in [0, 0.05) is 20.6 Å². The van der Waals surface area contributed by atoms with E-state index in [4.69, 9.17) is 15.6 Å². The summed E-state index contributed by atoms with van der Waals surface area (Å²) in [5.74, 6) is 6.78. The highest BCUT2D eigenvalue weighted by molar-refractivity contribution is 5.75. The molecule has 0 aliphatic heterocycles. The molecule has 2 rings (SSSR count). The fraction of sp³-hybridized carbons (Fsp3) is 0.562. The van der Waals surface area contributed by atoms with E-state index >= 15 is 0 Å². The number of hydrogen-bond acceptors (Lipinski definition) is 4. The van der Waals surface area contributed by atoms with Crippen molar-refractivity contribution in [2.24, 2.45) is 18.3 Å². The molecule has 5 heteroatoms. The first-order chi connectivity index (χ1) is 9.88. The fourth-order valence-electron chi connectivity index (χ4n) is 2.95. The van der Waals surface area contributed by atoms with Gasteiger partial charge in [0.1, 0.15) is 5.82 Å². The number of aryl methyl sites for hydroxylation is 1. The Morgan fingerprint density at radius 1 is 1.33 bits per heavy atom. The second-order valence-corrected chi connectivity index (χ2v) is 6.58. The quantitative estimate of drug-likeness (QED) is 0.653. The summed E-state index contributed by atoms with van der Waals surface area (Å²) in [5, 5.41) is 0. The van der Waals surface area contributed by atoms with Crippen molar-refractivity contribution in [1.29, 1.82) is 0 Å². The average Bonchev–Trinajstić information content (AvgIpc) is 2.74. The summed E-state index contributed by atoms with van der Waals surface area (Å²) in [7, 11) is 3.77. The van der Waals surface area contributed by atoms with Crippen LogP contribution >= 0.6 is 0 Å². The number of methoxy groups -OCH3 is 1. The SMILES string of the molecule is COC(C(Cc1nc2ccccc2n1C)NN)C(C)(C)C. The first kappa shape index (κ1) is 15.9. The smallest absolute Gasteiger partial charge is 0.111 e. The molecule has 0 amide bonds. The predicted molar refractivity (Wildman–Crippen MR) is 85.8 cm³/mol. The van der Waals surface area contributed by atoms with E-state index in [2.05, 4.69) is 36.8 Å². The number of fused-ring (bicyclic) bond motifs is 1. The average molecular weight is 290 g/mol. The largest absolute Gasteiger partial charge is 0.379 e. The topological polar surface area (TPSA) is 65.1 Å². The first-order valence-corrected chi connectivity index (χ1v) is 7.27. The molecule has 0 bridgehead atoms. The number of hydrazine groups is 1. The van der Waals surface area contributed by atoms with Gasteiger partial charge in [0.05, 0.1) is 23.2 Å². The Balaban J connectivity index is 2.30. The van der Waals surface area contributed by atoms with Gasteiger partial charge in [0.15, 0.2) is 0 Å². The number of nitrogens with two attached hydrogens (primary N) is 1. The second kappa shape index (κ2) is 6.13. The number of benzene rings is 1. The van der Waals surface area contributed by atoms with Crippen molar-refractivity contribution >= 4 is 11.0 Å². The number of nitrogens with zero attached hydrogens (tertiary/aromatic N) is 2. The summed E-state index contributed by atoms with van der Waals surface area (Å²) in [6.07, 6.45) is 0.722. The summed E-state index contributed by atoms with van der Waals surface area (Å²) >= 11 is 0. The fourth-order valence-corrected chi connectivity index (χ4v) is 2.95. The molecule has 1 aromatic carbocycles. The summed E-state index contributed by atoms with van der Waals surface area (Å²) in [4.78, 5) is 4.71. The Hall–Kier alpha value is -1.43. The van der Waals surface area contributed by atoms with Crippen molar-refractivity contribution in [3.05, 3.63) is 30.1 Å². The molecule has 116 valence electrons. The van der Waals surface area contributed by atoms with Crippen LogP contribution in [-0.2, 0) is 18.2 Å². The molecule has 0 saturated carbocycles. The van der Waals surface area contributed by atoms with E-state index in [9.17, 15) is 0 Å². The number of hydrogen-bond donors (Lipinski definition) is 2. The Morgan fingerprint density at radius 2 is 2.00 bits per heavy atom. The molecule has 0 aliphatic rings. The highest BCUT2D eigenvalue weighted by Gasteiger charge is 2.32. The second-order valence-electron chi connectivity index (χ2n) is 6.58. The van der Waals surface area contributed by atoms with Crippen LogP contribution in [0, 0.1) is 5.41 Å². The van der Waals surface area contributed by atoms with Crippen LogP contribution in [-0.4, -0.2) is 28.8 Å². The molecule has 3 N–H and O–H groups in total. The number of imidazole rings is 1. The van der Waals surface area contributed by atoms with E-state index in [0.717, 1.165) is 23.3 Å². The third-order valence-corrected chi connectivity index (χ3v) is 3.97. The van der Waals surface area contributed by atoms with Crippen LogP contribution in [0.25, 0.3) is 11.0 Å². The Kier molecular flexibility index (Phi) is 4.66. The predicted octanol–water partition coefficient (Wildman–Crippen LogP) is 2.01. The molecule has 0 radical (unpaired) electrons. The number of aromatic nitrogens is 2. The maximum absolute atomic E-state index is 5.77. The standard InChI is InChI=1S/C16H26N4O/c1-16(2,3)15(21-5)12(19-17)10-14-18-11-8-6-7-9-13(11)20(14)4/h6-9,12,15,19H,10,17H2,1-5H3. The van der Waals surface area contributed by atoms with Crippen LogP contribution < -0.4 is 11.3 Å². The van der Waals surface area contributed by atoms with Crippen LogP contribution in [0.4, 0.5) is 0 Å². The van der Waals surface area contributed by atoms with Crippen molar-refractivity contribution in [1.82, 2.24) is 15.0 Å². The van der Waals surface area contributed by atoms with Gasteiger partial charge in [0.2, 0.25) is 0 Å². The molecular formula is C16H26N4O. The van der Waals surface area contributed by atoms with Crippen molar-refractivity contribution in [3.8, 4) is 0 Å². The lowest BCUT2D eigenvalue weighted by Gasteiger charge is -2.35. The molecule has 0 spiro atoms. The van der Waals surface area contributed by atoms with Gasteiger partial charge in [-0.25, -0.2) is 4.98 Å². The van der Waals surface area contributed by atoms with Gasteiger partial charge in [-0.05, 0) is 17.5 Å². The highest BCUT2D eigenvalue weighted by atomic mass is 16.5. The molecule has 5 nitrogen and oxygen atoms in total. The number of rotatable bonds is 5. The van der Waals surface area contributed by atoms with Crippen molar-refractivity contribution < 1.29 is 4.74 Å². The monoisotopic (exact) mass is 290 g/mol. The van der Waals surface area contributed by atoms with Crippen LogP contribution in [0.3, 0.4) is 0 Å². The van der Waals surface area contributed by atoms with E-state index in [1.807, 2.05) is 25.2 Å². The van der Waals surface area contributed by atoms with Crippen LogP contribution in [0.2, 0.25) is 0 Å². The van der Waals surface area contributed by atoms with Gasteiger partial charge in [-0.3, -0.25) is 11.3 Å². The van der Waals surface area contributed by atoms with E-state index < -0.39 is 0 Å². The van der Waals surface area contributed by atoms with E-state index in [1.54, 1.807) is 7.11 Å². The number of para-hydroxylation sites is 2. The third-order valence-electron chi connectivity index (χ3n) is 3.97. The van der Waals surface area contributed by atoms with Gasteiger partial charge in [-0.2, -0.15) is 0 Å². The maximum atomic E-state index is 5.77. The number of nitrogens with one attached hydrogen (secondary N) is 1. The zero-order valence-corrected chi connectivity index (χ0v) is 13.6. The van der Waals surface area contributed by atoms with Gasteiger partial charge >= 0.3 is 0 Å². The molecule has 1 heterocycles. The summed E-state index contributed by atoms with van der Waals surface area (Å²) in [5.41, 5.74) is 5.04. The Labute approximate surface area is 126 Å². The molecule has 21 heavy (non-hydrogen) atoms. The lowest BCUT2D eigenvalue weighted by atomic mass is 9.83. The molecule has 2 unspecified atom stereocenters. The maximum Gasteiger partial charge on any atom is 0.111 e. The lowest BCUT2D eigenvalue weighted by molar-refractivity contribution is -0.0116. The van der Waals surface area contributed by atoms with Crippen molar-refractivity contribution in [2.75, 3.05) is 7.11 Å². The first-order valence-electron chi connectivity index (χ1n) is 7.27.